The summed E-state index contributed by atoms with van der Waals surface area (Å²) in [4.78, 5) is 12.9. The lowest BCUT2D eigenvalue weighted by Gasteiger charge is -2.31. The number of carbonyl (C=O) groups excluding carboxylic acids is 1. The number of carbonyl (C=O) groups is 1. The van der Waals surface area contributed by atoms with Gasteiger partial charge in [-0.2, -0.15) is 8.42 Å². The Kier molecular flexibility index (Phi) is 10.3. The topological polar surface area (TPSA) is 111 Å². The van der Waals surface area contributed by atoms with Crippen molar-refractivity contribution in [3.05, 3.63) is 71.8 Å². The van der Waals surface area contributed by atoms with Crippen LogP contribution in [0.2, 0.25) is 0 Å². The van der Waals surface area contributed by atoms with Crippen LogP contribution in [-0.2, 0) is 25.7 Å². The Morgan fingerprint density at radius 2 is 1.45 bits per heavy atom. The number of ether oxygens (including phenoxy) is 3. The van der Waals surface area contributed by atoms with Crippen LogP contribution < -0.4 is 19.5 Å². The summed E-state index contributed by atoms with van der Waals surface area (Å²) in [7, 11) is -3.14. The van der Waals surface area contributed by atoms with Gasteiger partial charge in [0, 0.05) is 11.3 Å². The van der Waals surface area contributed by atoms with E-state index in [2.05, 4.69) is 59.0 Å². The molecule has 0 fully saturated rings. The van der Waals surface area contributed by atoms with Crippen molar-refractivity contribution < 1.29 is 32.0 Å². The quantitative estimate of drug-likeness (QED) is 0.193. The van der Waals surface area contributed by atoms with Gasteiger partial charge in [-0.1, -0.05) is 60.6 Å². The molecule has 2 N–H and O–H groups in total. The zero-order valence-corrected chi connectivity index (χ0v) is 26.6. The average molecular weight is 598 g/mol. The van der Waals surface area contributed by atoms with Crippen molar-refractivity contribution in [3.8, 4) is 23.0 Å². The third kappa shape index (κ3) is 7.83. The maximum Gasteiger partial charge on any atom is 0.298 e. The molecule has 3 aromatic carbocycles. The van der Waals surface area contributed by atoms with Crippen molar-refractivity contribution in [1.82, 2.24) is 0 Å². The lowest BCUT2D eigenvalue weighted by atomic mass is 9.76. The van der Waals surface area contributed by atoms with E-state index < -0.39 is 27.0 Å². The third-order valence-corrected chi connectivity index (χ3v) is 8.84. The van der Waals surface area contributed by atoms with Gasteiger partial charge >= 0.3 is 0 Å². The van der Waals surface area contributed by atoms with E-state index in [4.69, 9.17) is 14.2 Å². The van der Waals surface area contributed by atoms with Crippen molar-refractivity contribution in [2.45, 2.75) is 89.6 Å². The van der Waals surface area contributed by atoms with Gasteiger partial charge < -0.3 is 19.5 Å². The Labute approximate surface area is 250 Å². The van der Waals surface area contributed by atoms with Crippen LogP contribution in [0.15, 0.2) is 65.6 Å². The first-order valence-electron chi connectivity index (χ1n) is 14.2. The molecule has 3 aromatic rings. The molecule has 1 unspecified atom stereocenters. The molecular formula is C33H43NO7S. The molecule has 0 bridgehead atoms. The highest BCUT2D eigenvalue weighted by Crippen LogP contribution is 2.39. The van der Waals surface area contributed by atoms with Crippen molar-refractivity contribution in [2.24, 2.45) is 0 Å². The van der Waals surface area contributed by atoms with Gasteiger partial charge in [-0.15, -0.1) is 0 Å². The van der Waals surface area contributed by atoms with Crippen LogP contribution in [-0.4, -0.2) is 32.1 Å². The molecule has 0 saturated heterocycles. The molecule has 0 aliphatic rings. The van der Waals surface area contributed by atoms with E-state index in [0.717, 1.165) is 24.5 Å². The lowest BCUT2D eigenvalue weighted by molar-refractivity contribution is -0.122. The zero-order valence-electron chi connectivity index (χ0n) is 25.8. The number of hydrogen-bond donors (Lipinski definition) is 2. The van der Waals surface area contributed by atoms with Gasteiger partial charge in [0.2, 0.25) is 0 Å². The van der Waals surface area contributed by atoms with Gasteiger partial charge in [-0.25, -0.2) is 0 Å². The molecule has 1 atom stereocenters. The Hall–Kier alpha value is -3.56. The number of amides is 1. The summed E-state index contributed by atoms with van der Waals surface area (Å²) in [5, 5.41) is 2.74. The van der Waals surface area contributed by atoms with Gasteiger partial charge in [0.05, 0.1) is 7.11 Å². The molecule has 228 valence electrons. The minimum Gasteiger partial charge on any atom is -0.497 e. The molecule has 9 heteroatoms. The van der Waals surface area contributed by atoms with Crippen LogP contribution in [0, 0.1) is 0 Å². The summed E-state index contributed by atoms with van der Waals surface area (Å²) in [6.07, 6.45) is 1.40. The first-order valence-corrected chi connectivity index (χ1v) is 15.6. The van der Waals surface area contributed by atoms with Gasteiger partial charge in [-0.05, 0) is 84.2 Å². The molecule has 1 amide bonds. The Morgan fingerprint density at radius 1 is 0.857 bits per heavy atom. The molecule has 3 rings (SSSR count). The standard InChI is InChI=1S/C33H43NO7S/c1-9-27(41-28-18-12-22(32(4,5)10-2)20-26(28)33(6,7)11-3)31(35)34-23-13-19-29(30(21-23)42(36,37)38)40-25-16-14-24(39-8)15-17-25/h12-21,27H,9-11H2,1-8H3,(H,34,35)(H,36,37,38). The van der Waals surface area contributed by atoms with Gasteiger partial charge in [0.25, 0.3) is 16.0 Å². The van der Waals surface area contributed by atoms with Gasteiger partial charge in [-0.3, -0.25) is 9.35 Å². The second-order valence-electron chi connectivity index (χ2n) is 11.6. The normalized spacial score (nSPS) is 12.9. The number of benzene rings is 3. The van der Waals surface area contributed by atoms with Crippen LogP contribution in [0.25, 0.3) is 0 Å². The SMILES string of the molecule is CCC(Oc1ccc(C(C)(C)CC)cc1C(C)(C)CC)C(=O)Nc1ccc(Oc2ccc(OC)cc2)c(S(=O)(=O)O)c1. The molecule has 0 aromatic heterocycles. The molecular weight excluding hydrogens is 554 g/mol. The highest BCUT2D eigenvalue weighted by molar-refractivity contribution is 7.86. The number of rotatable bonds is 13. The Balaban J connectivity index is 1.88. The number of anilines is 1. The highest BCUT2D eigenvalue weighted by atomic mass is 32.2. The van der Waals surface area contributed by atoms with E-state index in [0.29, 0.717) is 23.7 Å². The van der Waals surface area contributed by atoms with E-state index in [1.807, 2.05) is 13.0 Å². The van der Waals surface area contributed by atoms with Crippen molar-refractivity contribution >= 4 is 21.7 Å². The van der Waals surface area contributed by atoms with Crippen LogP contribution >= 0.6 is 0 Å². The van der Waals surface area contributed by atoms with E-state index in [1.54, 1.807) is 24.3 Å². The minimum atomic E-state index is -4.67. The first kappa shape index (κ1) is 32.9. The summed E-state index contributed by atoms with van der Waals surface area (Å²) in [6.45, 7) is 14.9. The van der Waals surface area contributed by atoms with E-state index in [-0.39, 0.29) is 22.3 Å². The van der Waals surface area contributed by atoms with Crippen molar-refractivity contribution in [3.63, 3.8) is 0 Å². The smallest absolute Gasteiger partial charge is 0.298 e. The summed E-state index contributed by atoms with van der Waals surface area (Å²) in [6, 6.07) is 16.8. The van der Waals surface area contributed by atoms with Gasteiger partial charge in [0.15, 0.2) is 6.10 Å². The Bertz CT molecular complexity index is 1500. The second-order valence-corrected chi connectivity index (χ2v) is 13.0. The largest absolute Gasteiger partial charge is 0.497 e. The maximum atomic E-state index is 13.4. The predicted octanol–water partition coefficient (Wildman–Crippen LogP) is 7.91. The highest BCUT2D eigenvalue weighted by Gasteiger charge is 2.29. The second kappa shape index (κ2) is 13.2. The molecule has 0 radical (unpaired) electrons. The van der Waals surface area contributed by atoms with Crippen LogP contribution in [0.3, 0.4) is 0 Å². The molecule has 0 heterocycles. The third-order valence-electron chi connectivity index (χ3n) is 7.97. The fourth-order valence-corrected chi connectivity index (χ4v) is 4.96. The zero-order chi connectivity index (χ0) is 31.3. The number of nitrogens with one attached hydrogen (secondary N) is 1. The minimum absolute atomic E-state index is 0.00730. The first-order chi connectivity index (χ1) is 19.6. The van der Waals surface area contributed by atoms with Crippen LogP contribution in [0.5, 0.6) is 23.0 Å². The maximum absolute atomic E-state index is 13.4. The fraction of sp³-hybridized carbons (Fsp3) is 0.424. The molecule has 42 heavy (non-hydrogen) atoms. The van der Waals surface area contributed by atoms with Crippen LogP contribution in [0.4, 0.5) is 5.69 Å². The van der Waals surface area contributed by atoms with E-state index in [1.165, 1.54) is 24.8 Å². The lowest BCUT2D eigenvalue weighted by Crippen LogP contribution is -2.33. The average Bonchev–Trinajstić information content (AvgIpc) is 2.96. The number of methoxy groups -OCH3 is 1. The van der Waals surface area contributed by atoms with Crippen molar-refractivity contribution in [1.29, 1.82) is 0 Å². The van der Waals surface area contributed by atoms with Crippen molar-refractivity contribution in [2.75, 3.05) is 12.4 Å². The number of hydrogen-bond acceptors (Lipinski definition) is 6. The summed E-state index contributed by atoms with van der Waals surface area (Å²) in [5.41, 5.74) is 2.22. The Morgan fingerprint density at radius 3 is 2.00 bits per heavy atom. The van der Waals surface area contributed by atoms with Crippen LogP contribution in [0.1, 0.15) is 78.9 Å². The molecule has 0 aliphatic carbocycles. The molecule has 0 aliphatic heterocycles. The van der Waals surface area contributed by atoms with E-state index in [9.17, 15) is 17.8 Å². The molecule has 0 spiro atoms. The molecule has 0 saturated carbocycles. The fourth-order valence-electron chi connectivity index (χ4n) is 4.32. The summed E-state index contributed by atoms with van der Waals surface area (Å²) < 4.78 is 51.5. The summed E-state index contributed by atoms with van der Waals surface area (Å²) >= 11 is 0. The molecule has 8 nitrogen and oxygen atoms in total. The summed E-state index contributed by atoms with van der Waals surface area (Å²) in [5.74, 6) is 1.05. The van der Waals surface area contributed by atoms with Gasteiger partial charge in [0.1, 0.15) is 27.9 Å². The monoisotopic (exact) mass is 597 g/mol. The predicted molar refractivity (Wildman–Crippen MR) is 166 cm³/mol. The van der Waals surface area contributed by atoms with E-state index >= 15 is 0 Å².